The Morgan fingerprint density at radius 1 is 1.38 bits per heavy atom. The van der Waals surface area contributed by atoms with Crippen LogP contribution in [0.2, 0.25) is 0 Å². The Balaban J connectivity index is 2.89. The third kappa shape index (κ3) is 2.89. The third-order valence-electron chi connectivity index (χ3n) is 2.27. The van der Waals surface area contributed by atoms with Crippen molar-refractivity contribution >= 4 is 12.6 Å². The zero-order chi connectivity index (χ0) is 12.1. The van der Waals surface area contributed by atoms with Crippen molar-refractivity contribution in [3.05, 3.63) is 29.3 Å². The molecular weight excluding hydrogens is 226 g/mol. The molecule has 0 saturated heterocycles. The Labute approximate surface area is 99.2 Å². The minimum Gasteiger partial charge on any atom is -0.507 e. The van der Waals surface area contributed by atoms with E-state index in [1.807, 2.05) is 6.07 Å². The van der Waals surface area contributed by atoms with Crippen molar-refractivity contribution in [3.63, 3.8) is 0 Å². The summed E-state index contributed by atoms with van der Waals surface area (Å²) in [5.41, 5.74) is 0.519. The van der Waals surface area contributed by atoms with E-state index in [1.165, 1.54) is 18.2 Å². The number of aliphatic hydroxyl groups excluding tert-OH is 2. The number of aliphatic hydroxyl groups is 2. The first kappa shape index (κ1) is 12.8. The van der Waals surface area contributed by atoms with Gasteiger partial charge in [0, 0.05) is 0 Å². The summed E-state index contributed by atoms with van der Waals surface area (Å²) in [4.78, 5) is 0. The van der Waals surface area contributed by atoms with Gasteiger partial charge >= 0.3 is 0 Å². The Kier molecular flexibility index (Phi) is 4.62. The van der Waals surface area contributed by atoms with Crippen LogP contribution in [-0.2, 0) is 0 Å². The lowest BCUT2D eigenvalue weighted by Gasteiger charge is -2.17. The minimum atomic E-state index is -1.08. The fourth-order valence-electron chi connectivity index (χ4n) is 1.34. The van der Waals surface area contributed by atoms with Crippen LogP contribution in [0, 0.1) is 11.3 Å². The number of nitriles is 1. The van der Waals surface area contributed by atoms with Gasteiger partial charge in [-0.1, -0.05) is 6.07 Å². The number of phenols is 1. The van der Waals surface area contributed by atoms with Gasteiger partial charge in [0.15, 0.2) is 0 Å². The number of nitrogens with zero attached hydrogens (tertiary/aromatic N) is 1. The molecule has 0 radical (unpaired) electrons. The molecule has 0 aliphatic carbocycles. The molecule has 3 N–H and O–H groups in total. The second kappa shape index (κ2) is 5.75. The lowest BCUT2D eigenvalue weighted by molar-refractivity contribution is 0.0171. The van der Waals surface area contributed by atoms with Crippen LogP contribution in [0.25, 0.3) is 0 Å². The maximum Gasteiger partial charge on any atom is 0.133 e. The smallest absolute Gasteiger partial charge is 0.133 e. The monoisotopic (exact) mass is 239 g/mol. The molecule has 0 amide bonds. The van der Waals surface area contributed by atoms with Crippen molar-refractivity contribution in [3.8, 4) is 11.8 Å². The van der Waals surface area contributed by atoms with Crippen molar-refractivity contribution in [2.45, 2.75) is 18.6 Å². The molecule has 86 valence electrons. The normalized spacial score (nSPS) is 14.1. The summed E-state index contributed by atoms with van der Waals surface area (Å²) in [6.07, 6.45) is -1.65. The van der Waals surface area contributed by atoms with E-state index in [4.69, 9.17) is 5.26 Å². The second-order valence-corrected chi connectivity index (χ2v) is 3.86. The number of benzene rings is 1. The van der Waals surface area contributed by atoms with E-state index >= 15 is 0 Å². The fourth-order valence-corrected chi connectivity index (χ4v) is 1.60. The van der Waals surface area contributed by atoms with Crippen molar-refractivity contribution in [1.82, 2.24) is 0 Å². The molecule has 0 aromatic heterocycles. The Bertz CT molecular complexity index is 403. The quantitative estimate of drug-likeness (QED) is 0.590. The van der Waals surface area contributed by atoms with Crippen molar-refractivity contribution in [2.75, 3.05) is 5.75 Å². The highest BCUT2D eigenvalue weighted by Gasteiger charge is 2.18. The van der Waals surface area contributed by atoms with Gasteiger partial charge in [-0.25, -0.2) is 0 Å². The lowest BCUT2D eigenvalue weighted by Crippen LogP contribution is -2.18. The van der Waals surface area contributed by atoms with Crippen LogP contribution in [0.5, 0.6) is 5.75 Å². The Hall–Kier alpha value is -1.22. The number of phenolic OH excluding ortho intramolecular Hbond substituents is 1. The second-order valence-electron chi connectivity index (χ2n) is 3.41. The van der Waals surface area contributed by atoms with Crippen LogP contribution < -0.4 is 0 Å². The van der Waals surface area contributed by atoms with E-state index in [-0.39, 0.29) is 11.3 Å². The molecule has 16 heavy (non-hydrogen) atoms. The van der Waals surface area contributed by atoms with Gasteiger partial charge < -0.3 is 15.3 Å². The Morgan fingerprint density at radius 3 is 2.56 bits per heavy atom. The lowest BCUT2D eigenvalue weighted by atomic mass is 10.0. The van der Waals surface area contributed by atoms with E-state index in [2.05, 4.69) is 12.6 Å². The van der Waals surface area contributed by atoms with E-state index in [1.54, 1.807) is 0 Å². The zero-order valence-corrected chi connectivity index (χ0v) is 9.43. The molecule has 0 saturated carbocycles. The summed E-state index contributed by atoms with van der Waals surface area (Å²) in [5.74, 6) is 0.262. The maximum atomic E-state index is 9.73. The zero-order valence-electron chi connectivity index (χ0n) is 8.54. The summed E-state index contributed by atoms with van der Waals surface area (Å²) in [7, 11) is 0. The topological polar surface area (TPSA) is 84.5 Å². The molecule has 0 bridgehead atoms. The first-order valence-corrected chi connectivity index (χ1v) is 5.43. The summed E-state index contributed by atoms with van der Waals surface area (Å²) < 4.78 is 0. The predicted molar refractivity (Wildman–Crippen MR) is 62.3 cm³/mol. The molecule has 5 heteroatoms. The summed E-state index contributed by atoms with van der Waals surface area (Å²) >= 11 is 3.96. The molecule has 2 unspecified atom stereocenters. The van der Waals surface area contributed by atoms with Gasteiger partial charge in [0.1, 0.15) is 17.9 Å². The number of hydrogen-bond donors (Lipinski definition) is 4. The van der Waals surface area contributed by atoms with Crippen molar-refractivity contribution in [1.29, 1.82) is 5.26 Å². The molecule has 0 spiro atoms. The average molecular weight is 239 g/mol. The highest BCUT2D eigenvalue weighted by Crippen LogP contribution is 2.25. The highest BCUT2D eigenvalue weighted by atomic mass is 32.1. The van der Waals surface area contributed by atoms with Crippen LogP contribution in [-0.4, -0.2) is 27.2 Å². The van der Waals surface area contributed by atoms with Crippen LogP contribution in [0.3, 0.4) is 0 Å². The number of rotatable bonds is 4. The standard InChI is InChI=1S/C11H13NO3S/c12-6-8-2-1-7(5-10(8)14)11(15)9(13)3-4-16/h1-2,5,9,11,13-16H,3-4H2. The van der Waals surface area contributed by atoms with Crippen molar-refractivity contribution < 1.29 is 15.3 Å². The van der Waals surface area contributed by atoms with Crippen LogP contribution in [0.1, 0.15) is 23.7 Å². The average Bonchev–Trinajstić information content (AvgIpc) is 2.28. The molecule has 0 fully saturated rings. The van der Waals surface area contributed by atoms with Gasteiger partial charge in [0.2, 0.25) is 0 Å². The van der Waals surface area contributed by atoms with Gasteiger partial charge in [-0.05, 0) is 29.9 Å². The largest absolute Gasteiger partial charge is 0.507 e. The van der Waals surface area contributed by atoms with E-state index in [0.29, 0.717) is 17.7 Å². The molecular formula is C11H13NO3S. The summed E-state index contributed by atoms with van der Waals surface area (Å²) in [6.45, 7) is 0. The molecule has 1 aromatic carbocycles. The van der Waals surface area contributed by atoms with E-state index in [9.17, 15) is 15.3 Å². The highest BCUT2D eigenvalue weighted by molar-refractivity contribution is 7.80. The van der Waals surface area contributed by atoms with Gasteiger partial charge in [0.25, 0.3) is 0 Å². The predicted octanol–water partition coefficient (Wildman–Crippen LogP) is 0.978. The van der Waals surface area contributed by atoms with E-state index in [0.717, 1.165) is 0 Å². The fraction of sp³-hybridized carbons (Fsp3) is 0.364. The molecule has 2 atom stereocenters. The molecule has 1 aromatic rings. The van der Waals surface area contributed by atoms with Crippen LogP contribution in [0.4, 0.5) is 0 Å². The first-order valence-electron chi connectivity index (χ1n) is 4.80. The van der Waals surface area contributed by atoms with Crippen LogP contribution >= 0.6 is 12.6 Å². The van der Waals surface area contributed by atoms with Crippen molar-refractivity contribution in [2.24, 2.45) is 0 Å². The van der Waals surface area contributed by atoms with Gasteiger partial charge in [-0.3, -0.25) is 0 Å². The number of hydrogen-bond acceptors (Lipinski definition) is 5. The molecule has 4 nitrogen and oxygen atoms in total. The molecule has 0 aliphatic heterocycles. The Morgan fingerprint density at radius 2 is 2.06 bits per heavy atom. The van der Waals surface area contributed by atoms with Gasteiger partial charge in [0.05, 0.1) is 11.7 Å². The summed E-state index contributed by atoms with van der Waals surface area (Å²) in [6, 6.07) is 6.00. The minimum absolute atomic E-state index is 0.139. The maximum absolute atomic E-state index is 9.73. The van der Waals surface area contributed by atoms with Gasteiger partial charge in [-0.2, -0.15) is 17.9 Å². The number of aromatic hydroxyl groups is 1. The van der Waals surface area contributed by atoms with Gasteiger partial charge in [-0.15, -0.1) is 0 Å². The molecule has 0 aliphatic rings. The van der Waals surface area contributed by atoms with E-state index < -0.39 is 12.2 Å². The SMILES string of the molecule is N#Cc1ccc(C(O)C(O)CCS)cc1O. The van der Waals surface area contributed by atoms with Crippen LogP contribution in [0.15, 0.2) is 18.2 Å². The molecule has 0 heterocycles. The number of thiol groups is 1. The molecule has 1 rings (SSSR count). The third-order valence-corrected chi connectivity index (χ3v) is 2.53. The summed E-state index contributed by atoms with van der Waals surface area (Å²) in [5, 5.41) is 37.3. The first-order chi connectivity index (χ1) is 7.60.